The maximum Gasteiger partial charge on any atom is 0.303 e. The van der Waals surface area contributed by atoms with Crippen LogP contribution in [0, 0.1) is 3.57 Å². The van der Waals surface area contributed by atoms with E-state index >= 15 is 0 Å². The van der Waals surface area contributed by atoms with Gasteiger partial charge in [-0.25, -0.2) is 0 Å². The summed E-state index contributed by atoms with van der Waals surface area (Å²) in [6.45, 7) is 4.11. The molecule has 0 saturated carbocycles. The van der Waals surface area contributed by atoms with Crippen LogP contribution in [0.1, 0.15) is 65.2 Å². The van der Waals surface area contributed by atoms with E-state index in [4.69, 9.17) is 10.2 Å². The molecule has 0 aromatic heterocycles. The molecule has 1 rings (SSSR count). The molecule has 138 valence electrons. The van der Waals surface area contributed by atoms with Gasteiger partial charge in [0.1, 0.15) is 0 Å². The van der Waals surface area contributed by atoms with Crippen molar-refractivity contribution in [2.45, 2.75) is 65.2 Å². The topological polar surface area (TPSA) is 91.7 Å². The van der Waals surface area contributed by atoms with Gasteiger partial charge in [-0.15, -0.1) is 0 Å². The van der Waals surface area contributed by atoms with E-state index < -0.39 is 33.1 Å². The Morgan fingerprint density at radius 2 is 1.25 bits per heavy atom. The van der Waals surface area contributed by atoms with Crippen molar-refractivity contribution in [1.29, 1.82) is 0 Å². The Kier molecular flexibility index (Phi) is 20.5. The van der Waals surface area contributed by atoms with Crippen molar-refractivity contribution < 1.29 is 22.9 Å². The van der Waals surface area contributed by atoms with Gasteiger partial charge in [0.2, 0.25) is 0 Å². The first-order valence-corrected chi connectivity index (χ1v) is 10.2. The van der Waals surface area contributed by atoms with Gasteiger partial charge in [-0.05, 0) is 25.0 Å². The fourth-order valence-electron chi connectivity index (χ4n) is 1.52. The number of unbranched alkanes of at least 4 members (excludes halogenated alkanes) is 4. The summed E-state index contributed by atoms with van der Waals surface area (Å²) in [5.41, 5.74) is 0. The largest absolute Gasteiger partial charge is 0.481 e. The molecule has 0 aliphatic carbocycles. The molecule has 2 N–H and O–H groups in total. The van der Waals surface area contributed by atoms with Gasteiger partial charge in [-0.3, -0.25) is 12.7 Å². The summed E-state index contributed by atoms with van der Waals surface area (Å²) in [5.74, 6) is -1.36. The van der Waals surface area contributed by atoms with Gasteiger partial charge in [0, 0.05) is 16.4 Å². The maximum absolute atomic E-state index is 10.2. The zero-order valence-corrected chi connectivity index (χ0v) is 16.7. The SMILES string of the molecule is CCCCCC(=O)O.CCCCCC(=O)O.O=Ic1ccccc1. The number of hydrogen-bond acceptors (Lipinski definition) is 3. The summed E-state index contributed by atoms with van der Waals surface area (Å²) in [6, 6.07) is 9.46. The summed E-state index contributed by atoms with van der Waals surface area (Å²) in [7, 11) is 0. The van der Waals surface area contributed by atoms with Crippen LogP contribution in [0.2, 0.25) is 0 Å². The second-order valence-electron chi connectivity index (χ2n) is 5.07. The molecule has 0 radical (unpaired) electrons. The lowest BCUT2D eigenvalue weighted by molar-refractivity contribution is -0.138. The molecule has 0 heterocycles. The average Bonchev–Trinajstić information content (AvgIpc) is 2.57. The third kappa shape index (κ3) is 23.0. The molecule has 5 nitrogen and oxygen atoms in total. The Morgan fingerprint density at radius 1 is 0.833 bits per heavy atom. The van der Waals surface area contributed by atoms with Gasteiger partial charge in [-0.1, -0.05) is 57.7 Å². The first-order chi connectivity index (χ1) is 11.5. The highest BCUT2D eigenvalue weighted by atomic mass is 127. The highest BCUT2D eigenvalue weighted by Gasteiger charge is 1.93. The Hall–Kier alpha value is -1.31. The van der Waals surface area contributed by atoms with E-state index in [1.165, 1.54) is 0 Å². The Balaban J connectivity index is 0. The first kappa shape index (κ1) is 24.9. The second kappa shape index (κ2) is 19.7. The number of rotatable bonds is 9. The standard InChI is InChI=1S/C6H5IO.2C6H12O2/c8-7-6-4-2-1-3-5-6;2*1-2-3-4-5-6(7)8/h1-5H;2*2-5H2,1H3,(H,7,8). The second-order valence-corrected chi connectivity index (χ2v) is 6.76. The van der Waals surface area contributed by atoms with E-state index in [1.807, 2.05) is 30.3 Å². The minimum Gasteiger partial charge on any atom is -0.481 e. The first-order valence-electron chi connectivity index (χ1n) is 8.23. The zero-order valence-electron chi connectivity index (χ0n) is 14.5. The molecule has 1 aromatic carbocycles. The van der Waals surface area contributed by atoms with Gasteiger partial charge < -0.3 is 10.2 Å². The molecule has 1 aromatic rings. The molecule has 24 heavy (non-hydrogen) atoms. The number of carboxylic acid groups (broad SMARTS) is 2. The fourth-order valence-corrected chi connectivity index (χ4v) is 2.23. The lowest BCUT2D eigenvalue weighted by atomic mass is 10.2. The summed E-state index contributed by atoms with van der Waals surface area (Å²) < 4.78 is 11.2. The van der Waals surface area contributed by atoms with Crippen LogP contribution in [-0.2, 0) is 12.7 Å². The number of hydrogen-bond donors (Lipinski definition) is 2. The van der Waals surface area contributed by atoms with Crippen LogP contribution in [0.25, 0.3) is 0 Å². The minimum absolute atomic E-state index is 0.327. The van der Waals surface area contributed by atoms with Crippen LogP contribution in [0.15, 0.2) is 30.3 Å². The van der Waals surface area contributed by atoms with Gasteiger partial charge in [-0.2, -0.15) is 0 Å². The highest BCUT2D eigenvalue weighted by Crippen LogP contribution is 2.06. The number of benzene rings is 1. The normalized spacial score (nSPS) is 9.08. The lowest BCUT2D eigenvalue weighted by Crippen LogP contribution is -1.92. The van der Waals surface area contributed by atoms with Crippen molar-refractivity contribution in [2.75, 3.05) is 0 Å². The van der Waals surface area contributed by atoms with Crippen molar-refractivity contribution >= 4 is 33.1 Å². The molecule has 0 saturated heterocycles. The minimum atomic E-state index is -0.941. The molecule has 6 heteroatoms. The molecule has 0 unspecified atom stereocenters. The van der Waals surface area contributed by atoms with Crippen molar-refractivity contribution in [1.82, 2.24) is 0 Å². The Bertz CT molecular complexity index is 414. The fraction of sp³-hybridized carbons (Fsp3) is 0.556. The highest BCUT2D eigenvalue weighted by molar-refractivity contribution is 14.1. The van der Waals surface area contributed by atoms with E-state index in [1.54, 1.807) is 0 Å². The van der Waals surface area contributed by atoms with Crippen molar-refractivity contribution in [3.63, 3.8) is 0 Å². The zero-order chi connectivity index (χ0) is 18.6. The Labute approximate surface area is 155 Å². The molecule has 0 spiro atoms. The average molecular weight is 452 g/mol. The van der Waals surface area contributed by atoms with Crippen LogP contribution < -0.4 is 0 Å². The van der Waals surface area contributed by atoms with Crippen LogP contribution in [0.4, 0.5) is 0 Å². The predicted molar refractivity (Wildman–Crippen MR) is 103 cm³/mol. The summed E-state index contributed by atoms with van der Waals surface area (Å²) in [5, 5.41) is 16.3. The van der Waals surface area contributed by atoms with Crippen molar-refractivity contribution in [3.8, 4) is 0 Å². The number of aliphatic carboxylic acids is 2. The summed E-state index contributed by atoms with van der Waals surface area (Å²) in [4.78, 5) is 19.7. The lowest BCUT2D eigenvalue weighted by Gasteiger charge is -1.89. The maximum atomic E-state index is 10.2. The number of halogens is 1. The van der Waals surface area contributed by atoms with Gasteiger partial charge >= 0.3 is 11.9 Å². The number of carbonyl (C=O) groups is 2. The van der Waals surface area contributed by atoms with Gasteiger partial charge in [0.25, 0.3) is 0 Å². The van der Waals surface area contributed by atoms with Crippen LogP contribution >= 0.6 is 21.2 Å². The van der Waals surface area contributed by atoms with Crippen molar-refractivity contribution in [2.24, 2.45) is 0 Å². The van der Waals surface area contributed by atoms with Crippen LogP contribution in [0.3, 0.4) is 0 Å². The van der Waals surface area contributed by atoms with Crippen molar-refractivity contribution in [3.05, 3.63) is 33.9 Å². The third-order valence-electron chi connectivity index (χ3n) is 2.81. The van der Waals surface area contributed by atoms with E-state index in [0.717, 1.165) is 42.1 Å². The molecule has 0 bridgehead atoms. The number of carboxylic acids is 2. The molecule has 0 fully saturated rings. The smallest absolute Gasteiger partial charge is 0.303 e. The molecular formula is C18H29IO5. The molecule has 0 atom stereocenters. The summed E-state index contributed by atoms with van der Waals surface area (Å²) in [6.07, 6.45) is 6.55. The molecular weight excluding hydrogens is 423 g/mol. The van der Waals surface area contributed by atoms with E-state index in [-0.39, 0.29) is 0 Å². The molecule has 0 amide bonds. The molecule has 0 aliphatic heterocycles. The monoisotopic (exact) mass is 452 g/mol. The van der Waals surface area contributed by atoms with E-state index in [2.05, 4.69) is 13.8 Å². The van der Waals surface area contributed by atoms with E-state index in [0.29, 0.717) is 12.8 Å². The van der Waals surface area contributed by atoms with E-state index in [9.17, 15) is 12.7 Å². The molecule has 0 aliphatic rings. The van der Waals surface area contributed by atoms with Gasteiger partial charge in [0.15, 0.2) is 21.2 Å². The summed E-state index contributed by atoms with van der Waals surface area (Å²) >= 11 is -0.941. The van der Waals surface area contributed by atoms with Crippen LogP contribution in [-0.4, -0.2) is 22.2 Å². The third-order valence-corrected chi connectivity index (χ3v) is 4.04. The predicted octanol–water partition coefficient (Wildman–Crippen LogP) is 5.48. The quantitative estimate of drug-likeness (QED) is 0.383. The Morgan fingerprint density at radius 3 is 1.50 bits per heavy atom. The van der Waals surface area contributed by atoms with Gasteiger partial charge in [0.05, 0.1) is 0 Å². The van der Waals surface area contributed by atoms with Crippen LogP contribution in [0.5, 0.6) is 0 Å².